The SMILES string of the molecule is CCOC(=O)c1c(C)coc1NCc1ccccc1. The summed E-state index contributed by atoms with van der Waals surface area (Å²) >= 11 is 0. The summed E-state index contributed by atoms with van der Waals surface area (Å²) in [7, 11) is 0. The van der Waals surface area contributed by atoms with Crippen molar-refractivity contribution in [3.05, 3.63) is 53.3 Å². The number of hydrogen-bond donors (Lipinski definition) is 1. The summed E-state index contributed by atoms with van der Waals surface area (Å²) in [5, 5.41) is 3.12. The van der Waals surface area contributed by atoms with Gasteiger partial charge in [-0.15, -0.1) is 0 Å². The van der Waals surface area contributed by atoms with Gasteiger partial charge in [-0.25, -0.2) is 4.79 Å². The van der Waals surface area contributed by atoms with Crippen LogP contribution in [0.5, 0.6) is 0 Å². The molecular weight excluding hydrogens is 242 g/mol. The van der Waals surface area contributed by atoms with Gasteiger partial charge in [-0.3, -0.25) is 0 Å². The number of carbonyl (C=O) groups excluding carboxylic acids is 1. The Hall–Kier alpha value is -2.23. The van der Waals surface area contributed by atoms with Crippen molar-refractivity contribution in [2.75, 3.05) is 11.9 Å². The topological polar surface area (TPSA) is 51.5 Å². The molecule has 0 amide bonds. The molecule has 0 saturated heterocycles. The Balaban J connectivity index is 2.11. The van der Waals surface area contributed by atoms with Gasteiger partial charge in [-0.05, 0) is 19.4 Å². The quantitative estimate of drug-likeness (QED) is 0.836. The van der Waals surface area contributed by atoms with Crippen molar-refractivity contribution in [1.82, 2.24) is 0 Å². The molecule has 19 heavy (non-hydrogen) atoms. The summed E-state index contributed by atoms with van der Waals surface area (Å²) in [5.41, 5.74) is 2.36. The monoisotopic (exact) mass is 259 g/mol. The van der Waals surface area contributed by atoms with Gasteiger partial charge >= 0.3 is 5.97 Å². The average Bonchev–Trinajstić information content (AvgIpc) is 2.79. The van der Waals surface area contributed by atoms with Gasteiger partial charge in [0.1, 0.15) is 5.56 Å². The number of furan rings is 1. The predicted octanol–water partition coefficient (Wildman–Crippen LogP) is 3.38. The zero-order chi connectivity index (χ0) is 13.7. The van der Waals surface area contributed by atoms with Crippen molar-refractivity contribution in [1.29, 1.82) is 0 Å². The second-order valence-corrected chi connectivity index (χ2v) is 4.18. The molecule has 0 radical (unpaired) electrons. The molecule has 0 unspecified atom stereocenters. The molecule has 2 aromatic rings. The van der Waals surface area contributed by atoms with E-state index in [1.807, 2.05) is 37.3 Å². The minimum Gasteiger partial charge on any atom is -0.462 e. The molecule has 4 heteroatoms. The lowest BCUT2D eigenvalue weighted by atomic mass is 10.2. The Kier molecular flexibility index (Phi) is 4.23. The van der Waals surface area contributed by atoms with Crippen LogP contribution < -0.4 is 5.32 Å². The third-order valence-electron chi connectivity index (χ3n) is 2.75. The van der Waals surface area contributed by atoms with E-state index in [0.717, 1.165) is 11.1 Å². The van der Waals surface area contributed by atoms with Crippen molar-refractivity contribution in [3.63, 3.8) is 0 Å². The molecule has 0 aliphatic carbocycles. The minimum absolute atomic E-state index is 0.349. The van der Waals surface area contributed by atoms with Crippen molar-refractivity contribution in [2.24, 2.45) is 0 Å². The summed E-state index contributed by atoms with van der Waals surface area (Å²) in [6.07, 6.45) is 1.56. The highest BCUT2D eigenvalue weighted by atomic mass is 16.5. The third-order valence-corrected chi connectivity index (χ3v) is 2.75. The maximum Gasteiger partial charge on any atom is 0.343 e. The van der Waals surface area contributed by atoms with Crippen molar-refractivity contribution < 1.29 is 13.9 Å². The van der Waals surface area contributed by atoms with Crippen LogP contribution in [0.25, 0.3) is 0 Å². The summed E-state index contributed by atoms with van der Waals surface area (Å²) in [4.78, 5) is 11.8. The zero-order valence-electron chi connectivity index (χ0n) is 11.1. The van der Waals surface area contributed by atoms with Gasteiger partial charge in [0.05, 0.1) is 12.9 Å². The Bertz CT molecular complexity index is 546. The standard InChI is InChI=1S/C15H17NO3/c1-3-18-15(17)13-11(2)10-19-14(13)16-9-12-7-5-4-6-8-12/h4-8,10,16H,3,9H2,1-2H3. The average molecular weight is 259 g/mol. The second kappa shape index (κ2) is 6.09. The fourth-order valence-electron chi connectivity index (χ4n) is 1.81. The maximum absolute atomic E-state index is 11.8. The molecule has 0 spiro atoms. The van der Waals surface area contributed by atoms with Gasteiger partial charge in [0.2, 0.25) is 5.88 Å². The van der Waals surface area contributed by atoms with E-state index >= 15 is 0 Å². The van der Waals surface area contributed by atoms with E-state index in [0.29, 0.717) is 24.6 Å². The minimum atomic E-state index is -0.357. The molecule has 0 aliphatic rings. The van der Waals surface area contributed by atoms with Crippen LogP contribution >= 0.6 is 0 Å². The summed E-state index contributed by atoms with van der Waals surface area (Å²) < 4.78 is 10.4. The van der Waals surface area contributed by atoms with E-state index in [1.165, 1.54) is 0 Å². The van der Waals surface area contributed by atoms with Crippen molar-refractivity contribution in [2.45, 2.75) is 20.4 Å². The molecule has 2 rings (SSSR count). The molecule has 1 heterocycles. The van der Waals surface area contributed by atoms with Crippen LogP contribution in [0.15, 0.2) is 41.0 Å². The van der Waals surface area contributed by atoms with Gasteiger partial charge in [-0.1, -0.05) is 30.3 Å². The van der Waals surface area contributed by atoms with Crippen LogP contribution in [0.3, 0.4) is 0 Å². The van der Waals surface area contributed by atoms with E-state index < -0.39 is 0 Å². The van der Waals surface area contributed by atoms with E-state index in [2.05, 4.69) is 5.32 Å². The Labute approximate surface area is 112 Å². The number of esters is 1. The highest BCUT2D eigenvalue weighted by Gasteiger charge is 2.19. The predicted molar refractivity (Wildman–Crippen MR) is 73.2 cm³/mol. The van der Waals surface area contributed by atoms with E-state index in [1.54, 1.807) is 13.2 Å². The molecule has 100 valence electrons. The molecule has 0 fully saturated rings. The van der Waals surface area contributed by atoms with E-state index in [4.69, 9.17) is 9.15 Å². The van der Waals surface area contributed by atoms with Gasteiger partial charge in [0, 0.05) is 12.1 Å². The normalized spacial score (nSPS) is 10.2. The molecule has 0 saturated carbocycles. The van der Waals surface area contributed by atoms with Gasteiger partial charge in [0.25, 0.3) is 0 Å². The molecular formula is C15H17NO3. The molecule has 4 nitrogen and oxygen atoms in total. The third kappa shape index (κ3) is 3.16. The number of hydrogen-bond acceptors (Lipinski definition) is 4. The number of anilines is 1. The van der Waals surface area contributed by atoms with E-state index in [-0.39, 0.29) is 5.97 Å². The van der Waals surface area contributed by atoms with Crippen LogP contribution in [0.1, 0.15) is 28.4 Å². The largest absolute Gasteiger partial charge is 0.462 e. The molecule has 1 aromatic heterocycles. The number of nitrogens with one attached hydrogen (secondary N) is 1. The smallest absolute Gasteiger partial charge is 0.343 e. The Morgan fingerprint density at radius 2 is 2.05 bits per heavy atom. The first-order valence-corrected chi connectivity index (χ1v) is 6.25. The first-order valence-electron chi connectivity index (χ1n) is 6.25. The maximum atomic E-state index is 11.8. The van der Waals surface area contributed by atoms with Gasteiger partial charge in [-0.2, -0.15) is 0 Å². The molecule has 1 N–H and O–H groups in total. The molecule has 0 atom stereocenters. The van der Waals surface area contributed by atoms with Crippen LogP contribution in [0.4, 0.5) is 5.88 Å². The number of aryl methyl sites for hydroxylation is 1. The first-order chi connectivity index (χ1) is 9.22. The van der Waals surface area contributed by atoms with Crippen LogP contribution in [-0.2, 0) is 11.3 Å². The lowest BCUT2D eigenvalue weighted by Gasteiger charge is -2.06. The van der Waals surface area contributed by atoms with Crippen LogP contribution in [0, 0.1) is 6.92 Å². The summed E-state index contributed by atoms with van der Waals surface area (Å²) in [6.45, 7) is 4.55. The highest BCUT2D eigenvalue weighted by molar-refractivity contribution is 5.95. The Morgan fingerprint density at radius 1 is 1.32 bits per heavy atom. The van der Waals surface area contributed by atoms with Gasteiger partial charge < -0.3 is 14.5 Å². The van der Waals surface area contributed by atoms with Crippen molar-refractivity contribution in [3.8, 4) is 0 Å². The van der Waals surface area contributed by atoms with Crippen LogP contribution in [-0.4, -0.2) is 12.6 Å². The van der Waals surface area contributed by atoms with Crippen LogP contribution in [0.2, 0.25) is 0 Å². The lowest BCUT2D eigenvalue weighted by Crippen LogP contribution is -2.09. The summed E-state index contributed by atoms with van der Waals surface area (Å²) in [5.74, 6) is 0.101. The zero-order valence-corrected chi connectivity index (χ0v) is 11.1. The lowest BCUT2D eigenvalue weighted by molar-refractivity contribution is 0.0526. The Morgan fingerprint density at radius 3 is 2.74 bits per heavy atom. The van der Waals surface area contributed by atoms with Gasteiger partial charge in [0.15, 0.2) is 0 Å². The number of benzene rings is 1. The molecule has 1 aromatic carbocycles. The fourth-order valence-corrected chi connectivity index (χ4v) is 1.81. The number of rotatable bonds is 5. The number of ether oxygens (including phenoxy) is 1. The van der Waals surface area contributed by atoms with E-state index in [9.17, 15) is 4.79 Å². The highest BCUT2D eigenvalue weighted by Crippen LogP contribution is 2.23. The molecule has 0 bridgehead atoms. The first kappa shape index (κ1) is 13.2. The summed E-state index contributed by atoms with van der Waals surface area (Å²) in [6, 6.07) is 9.91. The second-order valence-electron chi connectivity index (χ2n) is 4.18. The fraction of sp³-hybridized carbons (Fsp3) is 0.267. The van der Waals surface area contributed by atoms with Crippen molar-refractivity contribution >= 4 is 11.9 Å². The molecule has 0 aliphatic heterocycles. The number of carbonyl (C=O) groups is 1.